The van der Waals surface area contributed by atoms with Gasteiger partial charge in [0, 0.05) is 5.41 Å². The lowest BCUT2D eigenvalue weighted by Gasteiger charge is -2.13. The van der Waals surface area contributed by atoms with Crippen LogP contribution in [0.1, 0.15) is 26.5 Å². The molecule has 11 heavy (non-hydrogen) atoms. The molecule has 0 saturated carbocycles. The van der Waals surface area contributed by atoms with Gasteiger partial charge in [0.25, 0.3) is 0 Å². The normalized spacial score (nSPS) is 12.1. The summed E-state index contributed by atoms with van der Waals surface area (Å²) < 4.78 is 4.71. The highest BCUT2D eigenvalue weighted by Gasteiger charge is 2.24. The fourth-order valence-corrected chi connectivity index (χ4v) is 1.20. The van der Waals surface area contributed by atoms with Crippen molar-refractivity contribution in [3.05, 3.63) is 15.9 Å². The molecule has 0 aromatic carbocycles. The first-order chi connectivity index (χ1) is 4.93. The maximum absolute atomic E-state index is 5.81. The van der Waals surface area contributed by atoms with Crippen LogP contribution < -0.4 is 0 Å². The molecule has 1 heterocycles. The van der Waals surface area contributed by atoms with Gasteiger partial charge >= 0.3 is 0 Å². The van der Waals surface area contributed by atoms with Crippen molar-refractivity contribution in [3.63, 3.8) is 0 Å². The van der Waals surface area contributed by atoms with Crippen LogP contribution in [0.15, 0.2) is 4.52 Å². The van der Waals surface area contributed by atoms with E-state index in [0.29, 0.717) is 10.7 Å². The molecule has 0 aliphatic heterocycles. The van der Waals surface area contributed by atoms with E-state index in [-0.39, 0.29) is 10.6 Å². The third-order valence-electron chi connectivity index (χ3n) is 1.31. The van der Waals surface area contributed by atoms with Crippen molar-refractivity contribution in [2.24, 2.45) is 0 Å². The number of hydrogen-bond donors (Lipinski definition) is 0. The first kappa shape index (κ1) is 8.88. The van der Waals surface area contributed by atoms with E-state index in [1.807, 2.05) is 20.8 Å². The number of halogens is 2. The lowest BCUT2D eigenvalue weighted by molar-refractivity contribution is 0.394. The van der Waals surface area contributed by atoms with Gasteiger partial charge in [0.15, 0.2) is 0 Å². The van der Waals surface area contributed by atoms with Crippen LogP contribution in [0, 0.1) is 0 Å². The van der Waals surface area contributed by atoms with Crippen LogP contribution in [0.5, 0.6) is 0 Å². The molecule has 4 heteroatoms. The summed E-state index contributed by atoms with van der Waals surface area (Å²) in [7, 11) is 0. The van der Waals surface area contributed by atoms with Crippen LogP contribution in [-0.2, 0) is 5.41 Å². The molecular formula is C7H9Cl2NO. The maximum Gasteiger partial charge on any atom is 0.245 e. The quantitative estimate of drug-likeness (QED) is 0.633. The number of rotatable bonds is 0. The Morgan fingerprint density at radius 3 is 2.00 bits per heavy atom. The van der Waals surface area contributed by atoms with Crippen LogP contribution in [0.25, 0.3) is 0 Å². The summed E-state index contributed by atoms with van der Waals surface area (Å²) in [6, 6.07) is 0. The topological polar surface area (TPSA) is 26.0 Å². The summed E-state index contributed by atoms with van der Waals surface area (Å²) in [5.74, 6) is 0. The molecule has 1 rings (SSSR count). The minimum Gasteiger partial charge on any atom is -0.342 e. The molecule has 0 fully saturated rings. The molecule has 0 saturated heterocycles. The molecule has 0 atom stereocenters. The van der Waals surface area contributed by atoms with Gasteiger partial charge in [-0.25, -0.2) is 0 Å². The minimum absolute atomic E-state index is 0.117. The van der Waals surface area contributed by atoms with Crippen molar-refractivity contribution in [1.29, 1.82) is 0 Å². The number of nitrogens with zero attached hydrogens (tertiary/aromatic N) is 1. The first-order valence-corrected chi connectivity index (χ1v) is 3.99. The van der Waals surface area contributed by atoms with Gasteiger partial charge in [-0.3, -0.25) is 0 Å². The van der Waals surface area contributed by atoms with E-state index in [1.54, 1.807) is 0 Å². The van der Waals surface area contributed by atoms with E-state index in [9.17, 15) is 0 Å². The molecule has 1 aromatic heterocycles. The molecule has 0 bridgehead atoms. The molecule has 0 amide bonds. The second kappa shape index (κ2) is 2.68. The second-order valence-electron chi connectivity index (χ2n) is 3.37. The highest BCUT2D eigenvalue weighted by atomic mass is 35.5. The largest absolute Gasteiger partial charge is 0.342 e. The number of aromatic nitrogens is 1. The summed E-state index contributed by atoms with van der Waals surface area (Å²) in [6.45, 7) is 5.98. The maximum atomic E-state index is 5.81. The van der Waals surface area contributed by atoms with Crippen LogP contribution >= 0.6 is 23.2 Å². The molecule has 2 nitrogen and oxygen atoms in total. The summed E-state index contributed by atoms with van der Waals surface area (Å²) in [5.41, 5.74) is 0.581. The number of hydrogen-bond acceptors (Lipinski definition) is 2. The molecule has 0 radical (unpaired) electrons. The highest BCUT2D eigenvalue weighted by molar-refractivity contribution is 6.41. The lowest BCUT2D eigenvalue weighted by Crippen LogP contribution is -2.11. The van der Waals surface area contributed by atoms with Crippen molar-refractivity contribution in [3.8, 4) is 0 Å². The van der Waals surface area contributed by atoms with E-state index in [2.05, 4.69) is 5.16 Å². The summed E-state index contributed by atoms with van der Waals surface area (Å²) in [5, 5.41) is 4.33. The molecular weight excluding hydrogens is 185 g/mol. The predicted molar refractivity (Wildman–Crippen MR) is 45.2 cm³/mol. The third-order valence-corrected chi connectivity index (χ3v) is 2.01. The molecule has 0 unspecified atom stereocenters. The van der Waals surface area contributed by atoms with Crippen molar-refractivity contribution >= 4 is 23.2 Å². The molecule has 0 aliphatic rings. The Kier molecular flexibility index (Phi) is 2.17. The van der Waals surface area contributed by atoms with Gasteiger partial charge in [0.2, 0.25) is 5.22 Å². The second-order valence-corrected chi connectivity index (χ2v) is 4.09. The van der Waals surface area contributed by atoms with Crippen molar-refractivity contribution in [2.45, 2.75) is 26.2 Å². The average Bonchev–Trinajstić information content (AvgIpc) is 2.11. The van der Waals surface area contributed by atoms with Gasteiger partial charge in [-0.1, -0.05) is 37.5 Å². The Morgan fingerprint density at radius 1 is 1.27 bits per heavy atom. The fraction of sp³-hybridized carbons (Fsp3) is 0.571. The Hall–Kier alpha value is -0.210. The Labute approximate surface area is 75.5 Å². The van der Waals surface area contributed by atoms with Gasteiger partial charge in [0.05, 0.1) is 0 Å². The van der Waals surface area contributed by atoms with E-state index < -0.39 is 0 Å². The SMILES string of the molecule is CC(C)(C)c1noc(Cl)c1Cl. The Morgan fingerprint density at radius 2 is 1.82 bits per heavy atom. The molecule has 62 valence electrons. The van der Waals surface area contributed by atoms with Gasteiger partial charge in [0.1, 0.15) is 10.7 Å². The lowest BCUT2D eigenvalue weighted by atomic mass is 9.92. The van der Waals surface area contributed by atoms with E-state index in [4.69, 9.17) is 27.7 Å². The molecule has 0 N–H and O–H groups in total. The molecule has 0 aliphatic carbocycles. The van der Waals surface area contributed by atoms with E-state index in [1.165, 1.54) is 0 Å². The van der Waals surface area contributed by atoms with Gasteiger partial charge in [-0.15, -0.1) is 0 Å². The molecule has 0 spiro atoms. The van der Waals surface area contributed by atoms with Gasteiger partial charge < -0.3 is 4.52 Å². The van der Waals surface area contributed by atoms with Crippen molar-refractivity contribution < 1.29 is 4.52 Å². The summed E-state index contributed by atoms with van der Waals surface area (Å²) >= 11 is 11.4. The molecule has 1 aromatic rings. The highest BCUT2D eigenvalue weighted by Crippen LogP contribution is 2.33. The van der Waals surface area contributed by atoms with Gasteiger partial charge in [-0.05, 0) is 11.6 Å². The standard InChI is InChI=1S/C7H9Cl2NO/c1-7(2,3)5-4(8)6(9)11-10-5/h1-3H3. The van der Waals surface area contributed by atoms with Gasteiger partial charge in [-0.2, -0.15) is 0 Å². The fourth-order valence-electron chi connectivity index (χ4n) is 0.725. The Bertz CT molecular complexity index is 262. The summed E-state index contributed by atoms with van der Waals surface area (Å²) in [4.78, 5) is 0. The average molecular weight is 194 g/mol. The predicted octanol–water partition coefficient (Wildman–Crippen LogP) is 3.28. The summed E-state index contributed by atoms with van der Waals surface area (Å²) in [6.07, 6.45) is 0. The smallest absolute Gasteiger partial charge is 0.245 e. The van der Waals surface area contributed by atoms with Crippen LogP contribution in [0.2, 0.25) is 10.2 Å². The third kappa shape index (κ3) is 1.68. The van der Waals surface area contributed by atoms with Crippen molar-refractivity contribution in [1.82, 2.24) is 5.16 Å². The van der Waals surface area contributed by atoms with Crippen LogP contribution in [0.4, 0.5) is 0 Å². The van der Waals surface area contributed by atoms with E-state index in [0.717, 1.165) is 0 Å². The zero-order valence-corrected chi connectivity index (χ0v) is 8.12. The first-order valence-electron chi connectivity index (χ1n) is 3.24. The van der Waals surface area contributed by atoms with E-state index >= 15 is 0 Å². The van der Waals surface area contributed by atoms with Crippen LogP contribution in [0.3, 0.4) is 0 Å². The van der Waals surface area contributed by atoms with Crippen molar-refractivity contribution in [2.75, 3.05) is 0 Å². The Balaban J connectivity index is 3.15. The zero-order valence-electron chi connectivity index (χ0n) is 6.61. The minimum atomic E-state index is -0.117. The monoisotopic (exact) mass is 193 g/mol. The van der Waals surface area contributed by atoms with Crippen LogP contribution in [-0.4, -0.2) is 5.16 Å². The zero-order chi connectivity index (χ0) is 8.65.